The van der Waals surface area contributed by atoms with E-state index >= 15 is 0 Å². The zero-order chi connectivity index (χ0) is 15.1. The van der Waals surface area contributed by atoms with Gasteiger partial charge in [0.1, 0.15) is 17.6 Å². The standard InChI is InChI=1S/C18H23NO2/c1-19(2)14-13-18(15-7-5-4-6-8-15)21-17-11-9-16(20-3)10-12-17/h4-12,18H,13-14H2,1-3H3. The largest absolute Gasteiger partial charge is 0.497 e. The Morgan fingerprint density at radius 3 is 2.10 bits per heavy atom. The molecule has 112 valence electrons. The van der Waals surface area contributed by atoms with Crippen molar-refractivity contribution in [1.29, 1.82) is 0 Å². The van der Waals surface area contributed by atoms with E-state index in [0.29, 0.717) is 0 Å². The van der Waals surface area contributed by atoms with Crippen LogP contribution in [-0.2, 0) is 0 Å². The van der Waals surface area contributed by atoms with Gasteiger partial charge in [-0.3, -0.25) is 0 Å². The van der Waals surface area contributed by atoms with Gasteiger partial charge < -0.3 is 14.4 Å². The van der Waals surface area contributed by atoms with E-state index in [1.165, 1.54) is 5.56 Å². The molecular weight excluding hydrogens is 262 g/mol. The van der Waals surface area contributed by atoms with Gasteiger partial charge in [-0.1, -0.05) is 30.3 Å². The van der Waals surface area contributed by atoms with Crippen LogP contribution in [0.15, 0.2) is 54.6 Å². The fraction of sp³-hybridized carbons (Fsp3) is 0.333. The molecule has 0 aromatic heterocycles. The van der Waals surface area contributed by atoms with Gasteiger partial charge >= 0.3 is 0 Å². The Balaban J connectivity index is 2.10. The highest BCUT2D eigenvalue weighted by Gasteiger charge is 2.13. The first-order valence-electron chi connectivity index (χ1n) is 7.19. The summed E-state index contributed by atoms with van der Waals surface area (Å²) in [5.41, 5.74) is 1.20. The van der Waals surface area contributed by atoms with Crippen LogP contribution in [0.2, 0.25) is 0 Å². The van der Waals surface area contributed by atoms with Crippen LogP contribution in [0, 0.1) is 0 Å². The highest BCUT2D eigenvalue weighted by Crippen LogP contribution is 2.26. The topological polar surface area (TPSA) is 21.7 Å². The number of methoxy groups -OCH3 is 1. The van der Waals surface area contributed by atoms with Gasteiger partial charge in [-0.2, -0.15) is 0 Å². The summed E-state index contributed by atoms with van der Waals surface area (Å²) in [4.78, 5) is 2.17. The second-order valence-corrected chi connectivity index (χ2v) is 5.28. The van der Waals surface area contributed by atoms with Gasteiger partial charge in [0.05, 0.1) is 7.11 Å². The van der Waals surface area contributed by atoms with Crippen molar-refractivity contribution in [3.05, 3.63) is 60.2 Å². The van der Waals surface area contributed by atoms with Gasteiger partial charge in [0, 0.05) is 13.0 Å². The van der Waals surface area contributed by atoms with Crippen molar-refractivity contribution in [3.63, 3.8) is 0 Å². The Morgan fingerprint density at radius 1 is 0.905 bits per heavy atom. The minimum absolute atomic E-state index is 0.0574. The fourth-order valence-electron chi connectivity index (χ4n) is 2.16. The van der Waals surface area contributed by atoms with E-state index in [1.54, 1.807) is 7.11 Å². The molecule has 2 aromatic rings. The molecule has 0 fully saturated rings. The molecule has 0 radical (unpaired) electrons. The Kier molecular flexibility index (Phi) is 5.64. The zero-order valence-corrected chi connectivity index (χ0v) is 13.0. The average molecular weight is 285 g/mol. The first kappa shape index (κ1) is 15.4. The van der Waals surface area contributed by atoms with Gasteiger partial charge in [0.15, 0.2) is 0 Å². The summed E-state index contributed by atoms with van der Waals surface area (Å²) in [5.74, 6) is 1.70. The molecule has 0 N–H and O–H groups in total. The van der Waals surface area contributed by atoms with Crippen LogP contribution in [0.3, 0.4) is 0 Å². The Morgan fingerprint density at radius 2 is 1.52 bits per heavy atom. The number of rotatable bonds is 7. The molecular formula is C18H23NO2. The van der Waals surface area contributed by atoms with E-state index in [1.807, 2.05) is 30.3 Å². The highest BCUT2D eigenvalue weighted by molar-refractivity contribution is 5.32. The lowest BCUT2D eigenvalue weighted by atomic mass is 10.1. The summed E-state index contributed by atoms with van der Waals surface area (Å²) in [7, 11) is 5.82. The summed E-state index contributed by atoms with van der Waals surface area (Å²) in [6.45, 7) is 0.982. The monoisotopic (exact) mass is 285 g/mol. The lowest BCUT2D eigenvalue weighted by Crippen LogP contribution is -2.18. The van der Waals surface area contributed by atoms with Crippen LogP contribution >= 0.6 is 0 Å². The van der Waals surface area contributed by atoms with Crippen molar-refractivity contribution in [1.82, 2.24) is 4.90 Å². The Hall–Kier alpha value is -2.00. The summed E-state index contributed by atoms with van der Waals surface area (Å²) >= 11 is 0. The third kappa shape index (κ3) is 4.80. The van der Waals surface area contributed by atoms with Crippen LogP contribution in [0.4, 0.5) is 0 Å². The minimum Gasteiger partial charge on any atom is -0.497 e. The maximum absolute atomic E-state index is 6.17. The van der Waals surface area contributed by atoms with Crippen LogP contribution in [0.25, 0.3) is 0 Å². The maximum Gasteiger partial charge on any atom is 0.125 e. The van der Waals surface area contributed by atoms with E-state index in [2.05, 4.69) is 43.3 Å². The molecule has 0 spiro atoms. The van der Waals surface area contributed by atoms with Gasteiger partial charge in [0.2, 0.25) is 0 Å². The summed E-state index contributed by atoms with van der Waals surface area (Å²) in [5, 5.41) is 0. The molecule has 3 nitrogen and oxygen atoms in total. The van der Waals surface area contributed by atoms with Crippen molar-refractivity contribution in [2.24, 2.45) is 0 Å². The smallest absolute Gasteiger partial charge is 0.125 e. The molecule has 0 saturated carbocycles. The molecule has 2 rings (SSSR count). The number of benzene rings is 2. The second-order valence-electron chi connectivity index (χ2n) is 5.28. The maximum atomic E-state index is 6.17. The van der Waals surface area contributed by atoms with E-state index in [0.717, 1.165) is 24.5 Å². The Labute approximate surface area is 127 Å². The SMILES string of the molecule is COc1ccc(OC(CCN(C)C)c2ccccc2)cc1. The highest BCUT2D eigenvalue weighted by atomic mass is 16.5. The molecule has 0 heterocycles. The fourth-order valence-corrected chi connectivity index (χ4v) is 2.16. The molecule has 0 bridgehead atoms. The quantitative estimate of drug-likeness (QED) is 0.773. The normalized spacial score (nSPS) is 12.2. The number of hydrogen-bond donors (Lipinski definition) is 0. The molecule has 0 aliphatic rings. The van der Waals surface area contributed by atoms with Crippen molar-refractivity contribution in [2.75, 3.05) is 27.7 Å². The van der Waals surface area contributed by atoms with Gasteiger partial charge in [0.25, 0.3) is 0 Å². The summed E-state index contributed by atoms with van der Waals surface area (Å²) in [6.07, 6.45) is 1.00. The summed E-state index contributed by atoms with van der Waals surface area (Å²) < 4.78 is 11.3. The second kappa shape index (κ2) is 7.70. The molecule has 21 heavy (non-hydrogen) atoms. The number of hydrogen-bond acceptors (Lipinski definition) is 3. The van der Waals surface area contributed by atoms with Crippen molar-refractivity contribution in [3.8, 4) is 11.5 Å². The molecule has 0 saturated heterocycles. The van der Waals surface area contributed by atoms with E-state index in [-0.39, 0.29) is 6.10 Å². The van der Waals surface area contributed by atoms with Crippen LogP contribution < -0.4 is 9.47 Å². The van der Waals surface area contributed by atoms with Crippen molar-refractivity contribution >= 4 is 0 Å². The molecule has 0 aliphatic carbocycles. The molecule has 0 aliphatic heterocycles. The lowest BCUT2D eigenvalue weighted by Gasteiger charge is -2.21. The minimum atomic E-state index is 0.0574. The molecule has 3 heteroatoms. The van der Waals surface area contributed by atoms with Crippen LogP contribution in [0.5, 0.6) is 11.5 Å². The van der Waals surface area contributed by atoms with E-state index in [9.17, 15) is 0 Å². The third-order valence-corrected chi connectivity index (χ3v) is 3.35. The van der Waals surface area contributed by atoms with Crippen LogP contribution in [-0.4, -0.2) is 32.6 Å². The van der Waals surface area contributed by atoms with E-state index < -0.39 is 0 Å². The number of nitrogens with zero attached hydrogens (tertiary/aromatic N) is 1. The van der Waals surface area contributed by atoms with Gasteiger partial charge in [-0.25, -0.2) is 0 Å². The Bertz CT molecular complexity index is 523. The predicted molar refractivity (Wildman–Crippen MR) is 86.0 cm³/mol. The van der Waals surface area contributed by atoms with Crippen molar-refractivity contribution < 1.29 is 9.47 Å². The lowest BCUT2D eigenvalue weighted by molar-refractivity contribution is 0.179. The van der Waals surface area contributed by atoms with Gasteiger partial charge in [-0.05, 0) is 43.9 Å². The number of ether oxygens (including phenoxy) is 2. The van der Waals surface area contributed by atoms with E-state index in [4.69, 9.17) is 9.47 Å². The first-order valence-corrected chi connectivity index (χ1v) is 7.19. The first-order chi connectivity index (χ1) is 10.2. The predicted octanol–water partition coefficient (Wildman–Crippen LogP) is 3.77. The zero-order valence-electron chi connectivity index (χ0n) is 13.0. The van der Waals surface area contributed by atoms with Gasteiger partial charge in [-0.15, -0.1) is 0 Å². The average Bonchev–Trinajstić information content (AvgIpc) is 2.52. The molecule has 1 unspecified atom stereocenters. The van der Waals surface area contributed by atoms with Crippen LogP contribution in [0.1, 0.15) is 18.1 Å². The third-order valence-electron chi connectivity index (χ3n) is 3.35. The van der Waals surface area contributed by atoms with Crippen molar-refractivity contribution in [2.45, 2.75) is 12.5 Å². The molecule has 0 amide bonds. The molecule has 1 atom stereocenters. The molecule has 2 aromatic carbocycles. The summed E-state index contributed by atoms with van der Waals surface area (Å²) in [6, 6.07) is 18.1.